The average molecular weight is 520 g/mol. The number of benzene rings is 3. The number of aromatic nitrogens is 1. The Bertz CT molecular complexity index is 1340. The summed E-state index contributed by atoms with van der Waals surface area (Å²) in [6.45, 7) is 0. The smallest absolute Gasteiger partial charge is 0.244 e. The summed E-state index contributed by atoms with van der Waals surface area (Å²) in [4.78, 5) is 31.1. The van der Waals surface area contributed by atoms with Crippen LogP contribution in [0.5, 0.6) is 0 Å². The fraction of sp³-hybridized carbons (Fsp3) is 0.148. The lowest BCUT2D eigenvalue weighted by atomic mass is 10.1. The van der Waals surface area contributed by atoms with Crippen LogP contribution in [0.3, 0.4) is 0 Å². The summed E-state index contributed by atoms with van der Waals surface area (Å²) < 4.78 is 0. The molecule has 0 aliphatic heterocycles. The lowest BCUT2D eigenvalue weighted by Gasteiger charge is -2.17. The molecule has 1 fully saturated rings. The van der Waals surface area contributed by atoms with Gasteiger partial charge in [0.2, 0.25) is 11.8 Å². The predicted octanol–water partition coefficient (Wildman–Crippen LogP) is 7.28. The molecule has 35 heavy (non-hydrogen) atoms. The van der Waals surface area contributed by atoms with Crippen LogP contribution in [0.25, 0.3) is 11.3 Å². The van der Waals surface area contributed by atoms with Crippen molar-refractivity contribution in [3.8, 4) is 11.3 Å². The number of thiazole rings is 1. The molecule has 0 saturated heterocycles. The molecule has 2 amide bonds. The highest BCUT2D eigenvalue weighted by Gasteiger charge is 2.29. The first-order valence-corrected chi connectivity index (χ1v) is 13.3. The summed E-state index contributed by atoms with van der Waals surface area (Å²) in [6, 6.07) is 24.7. The Morgan fingerprint density at radius 2 is 1.74 bits per heavy atom. The van der Waals surface area contributed by atoms with Crippen LogP contribution in [0.4, 0.5) is 10.8 Å². The first kappa shape index (κ1) is 23.6. The third kappa shape index (κ3) is 6.11. The van der Waals surface area contributed by atoms with Gasteiger partial charge in [0.25, 0.3) is 0 Å². The van der Waals surface area contributed by atoms with E-state index in [9.17, 15) is 9.59 Å². The number of nitrogens with zero attached hydrogens (tertiary/aromatic N) is 1. The van der Waals surface area contributed by atoms with Crippen LogP contribution in [-0.4, -0.2) is 16.8 Å². The zero-order valence-corrected chi connectivity index (χ0v) is 21.0. The Balaban J connectivity index is 1.33. The van der Waals surface area contributed by atoms with E-state index >= 15 is 0 Å². The summed E-state index contributed by atoms with van der Waals surface area (Å²) >= 11 is 8.80. The Labute approximate surface area is 216 Å². The third-order valence-corrected chi connectivity index (χ3v) is 7.78. The molecular weight excluding hydrogens is 498 g/mol. The quantitative estimate of drug-likeness (QED) is 0.240. The van der Waals surface area contributed by atoms with Crippen molar-refractivity contribution < 1.29 is 9.59 Å². The highest BCUT2D eigenvalue weighted by Crippen LogP contribution is 2.38. The van der Waals surface area contributed by atoms with Crippen LogP contribution < -0.4 is 10.6 Å². The Morgan fingerprint density at radius 3 is 2.49 bits per heavy atom. The van der Waals surface area contributed by atoms with Crippen molar-refractivity contribution in [1.29, 1.82) is 0 Å². The van der Waals surface area contributed by atoms with E-state index in [-0.39, 0.29) is 17.7 Å². The van der Waals surface area contributed by atoms with E-state index in [2.05, 4.69) is 15.6 Å². The fourth-order valence-electron chi connectivity index (χ4n) is 3.53. The van der Waals surface area contributed by atoms with Gasteiger partial charge in [-0.25, -0.2) is 4.98 Å². The minimum atomic E-state index is -0.492. The van der Waals surface area contributed by atoms with E-state index in [1.807, 2.05) is 84.2 Å². The predicted molar refractivity (Wildman–Crippen MR) is 144 cm³/mol. The molecule has 5 rings (SSSR count). The van der Waals surface area contributed by atoms with Gasteiger partial charge in [0.15, 0.2) is 5.13 Å². The molecule has 1 aliphatic rings. The standard InChI is InChI=1S/C27H22ClN3O2S2/c28-20-13-11-17(12-14-20)23-16-34-27(30-23)31-26(33)24(18-5-2-1-3-6-18)35-22-8-4-7-21(15-22)29-25(32)19-9-10-19/h1-8,11-16,19,24H,9-10H2,(H,29,32)(H,30,31,33). The molecule has 0 spiro atoms. The molecule has 1 aromatic heterocycles. The van der Waals surface area contributed by atoms with Crippen molar-refractivity contribution in [3.05, 3.63) is 94.8 Å². The molecule has 1 heterocycles. The van der Waals surface area contributed by atoms with E-state index in [0.717, 1.165) is 40.2 Å². The number of amides is 2. The van der Waals surface area contributed by atoms with Crippen LogP contribution in [0, 0.1) is 5.92 Å². The largest absolute Gasteiger partial charge is 0.326 e. The zero-order chi connectivity index (χ0) is 24.2. The SMILES string of the molecule is O=C(Nc1cccc(SC(C(=O)Nc2nc(-c3ccc(Cl)cc3)cs2)c2ccccc2)c1)C1CC1. The monoisotopic (exact) mass is 519 g/mol. The molecule has 0 radical (unpaired) electrons. The van der Waals surface area contributed by atoms with Crippen molar-refractivity contribution in [2.75, 3.05) is 10.6 Å². The molecule has 8 heteroatoms. The second kappa shape index (κ2) is 10.6. The first-order chi connectivity index (χ1) is 17.0. The van der Waals surface area contributed by atoms with Crippen LogP contribution in [0.2, 0.25) is 5.02 Å². The van der Waals surface area contributed by atoms with Crippen molar-refractivity contribution in [2.24, 2.45) is 5.92 Å². The van der Waals surface area contributed by atoms with Gasteiger partial charge in [0.05, 0.1) is 5.69 Å². The van der Waals surface area contributed by atoms with Gasteiger partial charge < -0.3 is 10.6 Å². The van der Waals surface area contributed by atoms with E-state index in [1.165, 1.54) is 23.1 Å². The van der Waals surface area contributed by atoms with E-state index < -0.39 is 5.25 Å². The normalized spacial score (nSPS) is 13.7. The Hall–Kier alpha value is -3.13. The van der Waals surface area contributed by atoms with Gasteiger partial charge in [-0.1, -0.05) is 60.1 Å². The number of carbonyl (C=O) groups excluding carboxylic acids is 2. The molecular formula is C27H22ClN3O2S2. The van der Waals surface area contributed by atoms with Gasteiger partial charge in [-0.15, -0.1) is 23.1 Å². The molecule has 0 bridgehead atoms. The van der Waals surface area contributed by atoms with Crippen molar-refractivity contribution in [2.45, 2.75) is 23.0 Å². The summed E-state index contributed by atoms with van der Waals surface area (Å²) in [5.74, 6) is 0.0283. The molecule has 1 saturated carbocycles. The molecule has 176 valence electrons. The van der Waals surface area contributed by atoms with Gasteiger partial charge in [0, 0.05) is 32.5 Å². The molecule has 3 aromatic carbocycles. The second-order valence-electron chi connectivity index (χ2n) is 8.23. The summed E-state index contributed by atoms with van der Waals surface area (Å²) in [5.41, 5.74) is 3.35. The molecule has 5 nitrogen and oxygen atoms in total. The van der Waals surface area contributed by atoms with Gasteiger partial charge in [-0.05, 0) is 48.7 Å². The number of rotatable bonds is 8. The number of anilines is 2. The molecule has 2 N–H and O–H groups in total. The third-order valence-electron chi connectivity index (χ3n) is 5.52. The van der Waals surface area contributed by atoms with E-state index in [0.29, 0.717) is 10.2 Å². The lowest BCUT2D eigenvalue weighted by Crippen LogP contribution is -2.19. The number of nitrogens with one attached hydrogen (secondary N) is 2. The number of halogens is 1. The van der Waals surface area contributed by atoms with Gasteiger partial charge in [0.1, 0.15) is 5.25 Å². The van der Waals surface area contributed by atoms with Crippen LogP contribution in [-0.2, 0) is 9.59 Å². The highest BCUT2D eigenvalue weighted by molar-refractivity contribution is 8.00. The highest BCUT2D eigenvalue weighted by atomic mass is 35.5. The van der Waals surface area contributed by atoms with Crippen molar-refractivity contribution in [1.82, 2.24) is 4.98 Å². The van der Waals surface area contributed by atoms with Gasteiger partial charge >= 0.3 is 0 Å². The Morgan fingerprint density at radius 1 is 0.971 bits per heavy atom. The summed E-state index contributed by atoms with van der Waals surface area (Å²) in [5, 5.41) is 8.58. The molecule has 4 aromatic rings. The van der Waals surface area contributed by atoms with Crippen LogP contribution >= 0.6 is 34.7 Å². The molecule has 1 atom stereocenters. The van der Waals surface area contributed by atoms with Gasteiger partial charge in [-0.3, -0.25) is 9.59 Å². The maximum Gasteiger partial charge on any atom is 0.244 e. The topological polar surface area (TPSA) is 71.1 Å². The van der Waals surface area contributed by atoms with E-state index in [4.69, 9.17) is 11.6 Å². The van der Waals surface area contributed by atoms with E-state index in [1.54, 1.807) is 0 Å². The summed E-state index contributed by atoms with van der Waals surface area (Å²) in [6.07, 6.45) is 1.90. The number of hydrogen-bond acceptors (Lipinski definition) is 5. The number of hydrogen-bond donors (Lipinski definition) is 2. The minimum Gasteiger partial charge on any atom is -0.326 e. The lowest BCUT2D eigenvalue weighted by molar-refractivity contribution is -0.117. The molecule has 1 unspecified atom stereocenters. The fourth-order valence-corrected chi connectivity index (χ4v) is 5.46. The van der Waals surface area contributed by atoms with Crippen LogP contribution in [0.1, 0.15) is 23.7 Å². The number of thioether (sulfide) groups is 1. The van der Waals surface area contributed by atoms with Crippen molar-refractivity contribution >= 4 is 57.3 Å². The van der Waals surface area contributed by atoms with Gasteiger partial charge in [-0.2, -0.15) is 0 Å². The van der Waals surface area contributed by atoms with Crippen LogP contribution in [0.15, 0.2) is 89.1 Å². The second-order valence-corrected chi connectivity index (χ2v) is 10.7. The maximum atomic E-state index is 13.4. The average Bonchev–Trinajstić information content (AvgIpc) is 3.63. The zero-order valence-electron chi connectivity index (χ0n) is 18.6. The summed E-state index contributed by atoms with van der Waals surface area (Å²) in [7, 11) is 0. The maximum absolute atomic E-state index is 13.4. The Kier molecular flexibility index (Phi) is 7.18. The number of carbonyl (C=O) groups is 2. The molecule has 1 aliphatic carbocycles. The first-order valence-electron chi connectivity index (χ1n) is 11.2. The minimum absolute atomic E-state index is 0.0600. The van der Waals surface area contributed by atoms with Crippen molar-refractivity contribution in [3.63, 3.8) is 0 Å².